The van der Waals surface area contributed by atoms with Crippen LogP contribution in [0.1, 0.15) is 51.7 Å². The highest BCUT2D eigenvalue weighted by Crippen LogP contribution is 2.43. The van der Waals surface area contributed by atoms with Crippen LogP contribution in [-0.2, 0) is 23.6 Å². The number of fused-ring (bicyclic) bond motifs is 4. The number of nitrogens with one attached hydrogen (secondary N) is 1. The second-order valence-electron chi connectivity index (χ2n) is 11.2. The van der Waals surface area contributed by atoms with Gasteiger partial charge in [0.25, 0.3) is 5.56 Å². The topological polar surface area (TPSA) is 121 Å². The Morgan fingerprint density at radius 2 is 1.98 bits per heavy atom. The monoisotopic (exact) mass is 614 g/mol. The highest BCUT2D eigenvalue weighted by molar-refractivity contribution is 6.43. The zero-order valence-electron chi connectivity index (χ0n) is 23.6. The van der Waals surface area contributed by atoms with Crippen molar-refractivity contribution in [2.75, 3.05) is 18.1 Å². The molecule has 1 unspecified atom stereocenters. The number of alkyl carbamates (subject to hydrolysis) is 1. The molecule has 0 radical (unpaired) electrons. The van der Waals surface area contributed by atoms with Crippen molar-refractivity contribution in [1.82, 2.24) is 34.4 Å². The molecule has 3 aliphatic heterocycles. The van der Waals surface area contributed by atoms with E-state index in [-0.39, 0.29) is 30.0 Å². The molecule has 222 valence electrons. The Bertz CT molecular complexity index is 1780. The minimum absolute atomic E-state index is 0.0699. The molecular weight excluding hydrogens is 583 g/mol. The van der Waals surface area contributed by atoms with Gasteiger partial charge in [-0.1, -0.05) is 23.2 Å². The molecule has 1 amide bonds. The molecular formula is C28H32Cl2N8O4. The maximum atomic E-state index is 14.2. The van der Waals surface area contributed by atoms with Gasteiger partial charge in [0, 0.05) is 45.3 Å². The summed E-state index contributed by atoms with van der Waals surface area (Å²) in [5, 5.41) is 13.8. The molecule has 3 aliphatic rings. The van der Waals surface area contributed by atoms with E-state index < -0.39 is 6.09 Å². The summed E-state index contributed by atoms with van der Waals surface area (Å²) in [4.78, 5) is 33.7. The number of aryl methyl sites for hydroxylation is 1. The number of amides is 1. The summed E-state index contributed by atoms with van der Waals surface area (Å²) in [5.41, 5.74) is 1.84. The molecule has 0 aliphatic carbocycles. The van der Waals surface area contributed by atoms with Crippen LogP contribution in [0, 0.1) is 0 Å². The Labute approximate surface area is 251 Å². The molecule has 3 fully saturated rings. The normalized spacial score (nSPS) is 23.8. The van der Waals surface area contributed by atoms with Gasteiger partial charge in [0.15, 0.2) is 11.9 Å². The van der Waals surface area contributed by atoms with Crippen LogP contribution in [0.2, 0.25) is 10.2 Å². The van der Waals surface area contributed by atoms with E-state index in [2.05, 4.69) is 15.3 Å². The maximum absolute atomic E-state index is 14.2. The molecule has 42 heavy (non-hydrogen) atoms. The van der Waals surface area contributed by atoms with Crippen LogP contribution in [0.25, 0.3) is 33.2 Å². The van der Waals surface area contributed by atoms with Crippen molar-refractivity contribution in [2.45, 2.75) is 69.9 Å². The third-order valence-corrected chi connectivity index (χ3v) is 9.58. The summed E-state index contributed by atoms with van der Waals surface area (Å²) in [6.45, 7) is 2.95. The summed E-state index contributed by atoms with van der Waals surface area (Å²) >= 11 is 13.5. The van der Waals surface area contributed by atoms with Gasteiger partial charge in [-0.05, 0) is 51.2 Å². The SMILES string of the molecule is CCNC(=O)O[C@@H]1C[C@@H]2CC[C@H]1N2c1nc2c(c(-c3ccc4nn(C)c(Cl)c4c3Cl)nn2C2CCCCO2)c(=O)n1C. The molecule has 0 saturated carbocycles. The summed E-state index contributed by atoms with van der Waals surface area (Å²) in [5.74, 6) is 0.530. The first-order chi connectivity index (χ1) is 20.3. The van der Waals surface area contributed by atoms with Crippen molar-refractivity contribution in [2.24, 2.45) is 14.1 Å². The fourth-order valence-electron chi connectivity index (χ4n) is 6.79. The Morgan fingerprint density at radius 1 is 1.14 bits per heavy atom. The summed E-state index contributed by atoms with van der Waals surface area (Å²) in [7, 11) is 3.48. The van der Waals surface area contributed by atoms with Gasteiger partial charge in [0.1, 0.15) is 22.3 Å². The highest BCUT2D eigenvalue weighted by Gasteiger charge is 2.50. The number of hydrogen-bond acceptors (Lipinski definition) is 8. The quantitative estimate of drug-likeness (QED) is 0.347. The lowest BCUT2D eigenvalue weighted by Crippen LogP contribution is -2.40. The lowest BCUT2D eigenvalue weighted by atomic mass is 9.98. The number of benzene rings is 1. The molecule has 0 spiro atoms. The number of hydrogen-bond donors (Lipinski definition) is 1. The van der Waals surface area contributed by atoms with Crippen molar-refractivity contribution < 1.29 is 14.3 Å². The van der Waals surface area contributed by atoms with Crippen LogP contribution >= 0.6 is 23.2 Å². The van der Waals surface area contributed by atoms with Crippen molar-refractivity contribution >= 4 is 57.2 Å². The third-order valence-electron chi connectivity index (χ3n) is 8.75. The fraction of sp³-hybridized carbons (Fsp3) is 0.536. The van der Waals surface area contributed by atoms with Gasteiger partial charge in [0.05, 0.1) is 22.0 Å². The summed E-state index contributed by atoms with van der Waals surface area (Å²) < 4.78 is 16.8. The first-order valence-electron chi connectivity index (χ1n) is 14.4. The van der Waals surface area contributed by atoms with E-state index in [1.165, 1.54) is 0 Å². The average Bonchev–Trinajstić information content (AvgIpc) is 3.72. The summed E-state index contributed by atoms with van der Waals surface area (Å²) in [6.07, 6.45) is 4.10. The molecule has 4 aromatic rings. The third kappa shape index (κ3) is 4.17. The highest BCUT2D eigenvalue weighted by atomic mass is 35.5. The molecule has 6 heterocycles. The zero-order chi connectivity index (χ0) is 29.3. The predicted octanol–water partition coefficient (Wildman–Crippen LogP) is 4.55. The second kappa shape index (κ2) is 10.4. The Morgan fingerprint density at radius 3 is 2.74 bits per heavy atom. The second-order valence-corrected chi connectivity index (χ2v) is 12.0. The van der Waals surface area contributed by atoms with Crippen LogP contribution in [0.3, 0.4) is 0 Å². The Kier molecular flexibility index (Phi) is 6.82. The van der Waals surface area contributed by atoms with E-state index in [1.807, 2.05) is 19.1 Å². The molecule has 3 saturated heterocycles. The van der Waals surface area contributed by atoms with Gasteiger partial charge in [-0.15, -0.1) is 0 Å². The molecule has 12 nitrogen and oxygen atoms in total. The number of nitrogens with zero attached hydrogens (tertiary/aromatic N) is 7. The minimum atomic E-state index is -0.424. The van der Waals surface area contributed by atoms with E-state index >= 15 is 0 Å². The maximum Gasteiger partial charge on any atom is 0.407 e. The molecule has 1 N–H and O–H groups in total. The zero-order valence-corrected chi connectivity index (χ0v) is 25.2. The standard InChI is InChI=1S/C28H32Cl2N8O4/c1-4-31-28(40)42-18-13-14-8-11-17(18)37(14)27-32-25-21(26(39)35(27)2)23(34-38(25)19-7-5-6-12-41-19)15-9-10-16-20(22(15)29)24(30)36(3)33-16/h9-10,14,17-19H,4-8,11-13H2,1-3H3,(H,31,40)/t14-,17+,18+,19?/m0/s1. The minimum Gasteiger partial charge on any atom is -0.444 e. The molecule has 2 bridgehead atoms. The number of aromatic nitrogens is 6. The Balaban J connectivity index is 1.39. The van der Waals surface area contributed by atoms with Crippen LogP contribution in [0.4, 0.5) is 10.7 Å². The van der Waals surface area contributed by atoms with Crippen LogP contribution in [-0.4, -0.2) is 66.5 Å². The first-order valence-corrected chi connectivity index (χ1v) is 15.2. The predicted molar refractivity (Wildman–Crippen MR) is 159 cm³/mol. The largest absolute Gasteiger partial charge is 0.444 e. The van der Waals surface area contributed by atoms with E-state index in [1.54, 1.807) is 28.0 Å². The number of rotatable bonds is 5. The van der Waals surface area contributed by atoms with E-state index in [9.17, 15) is 9.59 Å². The number of anilines is 1. The number of ether oxygens (including phenoxy) is 2. The number of carbonyl (C=O) groups excluding carboxylic acids is 1. The van der Waals surface area contributed by atoms with Gasteiger partial charge in [-0.3, -0.25) is 14.0 Å². The molecule has 7 rings (SSSR count). The lowest BCUT2D eigenvalue weighted by Gasteiger charge is -2.27. The molecule has 4 atom stereocenters. The van der Waals surface area contributed by atoms with Crippen LogP contribution < -0.4 is 15.8 Å². The first kappa shape index (κ1) is 27.5. The number of halogens is 2. The van der Waals surface area contributed by atoms with Gasteiger partial charge >= 0.3 is 6.09 Å². The fourth-order valence-corrected chi connectivity index (χ4v) is 7.40. The number of carbonyl (C=O) groups is 1. The average molecular weight is 616 g/mol. The van der Waals surface area contributed by atoms with Crippen molar-refractivity contribution in [3.63, 3.8) is 0 Å². The van der Waals surface area contributed by atoms with Crippen molar-refractivity contribution in [1.29, 1.82) is 0 Å². The van der Waals surface area contributed by atoms with Crippen molar-refractivity contribution in [3.8, 4) is 11.3 Å². The van der Waals surface area contributed by atoms with Crippen molar-refractivity contribution in [3.05, 3.63) is 32.7 Å². The van der Waals surface area contributed by atoms with Gasteiger partial charge in [-0.2, -0.15) is 15.2 Å². The lowest BCUT2D eigenvalue weighted by molar-refractivity contribution is -0.0368. The van der Waals surface area contributed by atoms with E-state index in [4.69, 9.17) is 42.8 Å². The molecule has 14 heteroatoms. The Hall–Kier alpha value is -3.35. The van der Waals surface area contributed by atoms with E-state index in [0.29, 0.717) is 68.9 Å². The molecule has 3 aromatic heterocycles. The van der Waals surface area contributed by atoms with Gasteiger partial charge < -0.3 is 19.7 Å². The van der Waals surface area contributed by atoms with Gasteiger partial charge in [-0.25, -0.2) is 9.48 Å². The molecule has 1 aromatic carbocycles. The van der Waals surface area contributed by atoms with E-state index in [0.717, 1.165) is 32.1 Å². The van der Waals surface area contributed by atoms with Crippen LogP contribution in [0.5, 0.6) is 0 Å². The summed E-state index contributed by atoms with van der Waals surface area (Å²) in [6, 6.07) is 3.68. The smallest absolute Gasteiger partial charge is 0.407 e. The van der Waals surface area contributed by atoms with Crippen LogP contribution in [0.15, 0.2) is 16.9 Å². The van der Waals surface area contributed by atoms with Gasteiger partial charge in [0.2, 0.25) is 5.95 Å².